The summed E-state index contributed by atoms with van der Waals surface area (Å²) in [4.78, 5) is 18.4. The van der Waals surface area contributed by atoms with Gasteiger partial charge in [-0.05, 0) is 63.3 Å². The fourth-order valence-electron chi connectivity index (χ4n) is 3.85. The monoisotopic (exact) mass is 420 g/mol. The van der Waals surface area contributed by atoms with Crippen LogP contribution < -0.4 is 5.32 Å². The Morgan fingerprint density at radius 2 is 1.84 bits per heavy atom. The lowest BCUT2D eigenvalue weighted by Crippen LogP contribution is -2.32. The Balaban J connectivity index is 1.56. The minimum Gasteiger partial charge on any atom is -0.370 e. The molecule has 31 heavy (non-hydrogen) atoms. The lowest BCUT2D eigenvalue weighted by molar-refractivity contribution is 0.241. The molecule has 0 atom stereocenters. The van der Waals surface area contributed by atoms with Crippen molar-refractivity contribution in [2.75, 3.05) is 39.0 Å². The molecule has 0 radical (unpaired) electrons. The Bertz CT molecular complexity index is 991. The third-order valence-corrected chi connectivity index (χ3v) is 5.48. The fourth-order valence-corrected chi connectivity index (χ4v) is 3.85. The first-order chi connectivity index (χ1) is 15.1. The summed E-state index contributed by atoms with van der Waals surface area (Å²) in [6.07, 6.45) is 5.47. The number of halogens is 1. The summed E-state index contributed by atoms with van der Waals surface area (Å²) in [5.74, 6) is 1.46. The molecule has 1 N–H and O–H groups in total. The van der Waals surface area contributed by atoms with Crippen LogP contribution in [0.1, 0.15) is 23.2 Å². The molecule has 1 aliphatic rings. The summed E-state index contributed by atoms with van der Waals surface area (Å²) in [6.45, 7) is 4.36. The molecule has 162 valence electrons. The number of rotatable bonds is 8. The molecule has 2 aromatic heterocycles. The number of nitrogens with one attached hydrogen (secondary N) is 1. The van der Waals surface area contributed by atoms with Crippen LogP contribution in [0.25, 0.3) is 11.4 Å². The van der Waals surface area contributed by atoms with Crippen molar-refractivity contribution in [1.82, 2.24) is 24.8 Å². The number of fused-ring (bicyclic) bond motifs is 1. The van der Waals surface area contributed by atoms with Gasteiger partial charge in [-0.25, -0.2) is 14.4 Å². The van der Waals surface area contributed by atoms with E-state index in [0.29, 0.717) is 0 Å². The quantitative estimate of drug-likeness (QED) is 0.562. The lowest BCUT2D eigenvalue weighted by Gasteiger charge is -2.29. The summed E-state index contributed by atoms with van der Waals surface area (Å²) < 4.78 is 13.2. The van der Waals surface area contributed by atoms with E-state index in [2.05, 4.69) is 34.2 Å². The summed E-state index contributed by atoms with van der Waals surface area (Å²) in [7, 11) is 4.17. The van der Waals surface area contributed by atoms with Crippen molar-refractivity contribution < 1.29 is 4.39 Å². The van der Waals surface area contributed by atoms with Gasteiger partial charge < -0.3 is 10.2 Å². The third kappa shape index (κ3) is 5.62. The van der Waals surface area contributed by atoms with Crippen LogP contribution in [0.5, 0.6) is 0 Å². The van der Waals surface area contributed by atoms with Gasteiger partial charge in [-0.15, -0.1) is 0 Å². The number of nitrogens with zero attached hydrogens (tertiary/aromatic N) is 5. The Labute approximate surface area is 183 Å². The maximum atomic E-state index is 13.2. The predicted molar refractivity (Wildman–Crippen MR) is 121 cm³/mol. The summed E-state index contributed by atoms with van der Waals surface area (Å²) in [5.41, 5.74) is 4.34. The van der Waals surface area contributed by atoms with Crippen molar-refractivity contribution in [3.8, 4) is 11.4 Å². The molecule has 0 amide bonds. The topological polar surface area (TPSA) is 57.2 Å². The maximum Gasteiger partial charge on any atom is 0.161 e. The van der Waals surface area contributed by atoms with Crippen LogP contribution in [0.2, 0.25) is 0 Å². The average Bonchev–Trinajstić information content (AvgIpc) is 2.78. The van der Waals surface area contributed by atoms with Gasteiger partial charge in [0, 0.05) is 49.7 Å². The summed E-state index contributed by atoms with van der Waals surface area (Å²) in [5, 5.41) is 3.56. The van der Waals surface area contributed by atoms with Crippen LogP contribution in [-0.2, 0) is 19.5 Å². The van der Waals surface area contributed by atoms with E-state index in [1.807, 2.05) is 24.3 Å². The first-order valence-electron chi connectivity index (χ1n) is 10.7. The normalized spacial score (nSPS) is 13.9. The van der Waals surface area contributed by atoms with Gasteiger partial charge in [0.15, 0.2) is 5.82 Å². The van der Waals surface area contributed by atoms with E-state index < -0.39 is 0 Å². The van der Waals surface area contributed by atoms with Gasteiger partial charge in [-0.1, -0.05) is 12.1 Å². The van der Waals surface area contributed by atoms with Gasteiger partial charge in [0.2, 0.25) is 0 Å². The standard InChI is InChI=1S/C24H29FN6/c1-30(2)14-3-11-27-24-21-10-15-31(16-18-4-6-20(25)7-5-18)17-22(21)28-23(29-24)19-8-12-26-13-9-19/h4-9,12-13H,3,10-11,14-17H2,1-2H3,(H,27,28,29). The molecule has 1 aromatic carbocycles. The van der Waals surface area contributed by atoms with Gasteiger partial charge >= 0.3 is 0 Å². The molecule has 0 spiro atoms. The average molecular weight is 421 g/mol. The van der Waals surface area contributed by atoms with Crippen LogP contribution >= 0.6 is 0 Å². The molecule has 6 nitrogen and oxygen atoms in total. The summed E-state index contributed by atoms with van der Waals surface area (Å²) >= 11 is 0. The number of hydrogen-bond donors (Lipinski definition) is 1. The van der Waals surface area contributed by atoms with Crippen LogP contribution in [0, 0.1) is 5.82 Å². The van der Waals surface area contributed by atoms with E-state index in [9.17, 15) is 4.39 Å². The second kappa shape index (κ2) is 9.94. The van der Waals surface area contributed by atoms with Crippen LogP contribution in [0.3, 0.4) is 0 Å². The van der Waals surface area contributed by atoms with Crippen LogP contribution in [0.4, 0.5) is 10.2 Å². The molecular weight excluding hydrogens is 391 g/mol. The molecule has 0 saturated heterocycles. The van der Waals surface area contributed by atoms with Gasteiger partial charge in [0.05, 0.1) is 5.69 Å². The number of hydrogen-bond acceptors (Lipinski definition) is 6. The van der Waals surface area contributed by atoms with Crippen molar-refractivity contribution in [1.29, 1.82) is 0 Å². The minimum atomic E-state index is -0.201. The zero-order valence-corrected chi connectivity index (χ0v) is 18.2. The lowest BCUT2D eigenvalue weighted by atomic mass is 10.0. The van der Waals surface area contributed by atoms with Crippen LogP contribution in [-0.4, -0.2) is 58.5 Å². The third-order valence-electron chi connectivity index (χ3n) is 5.48. The molecule has 7 heteroatoms. The predicted octanol–water partition coefficient (Wildman–Crippen LogP) is 3.60. The molecule has 0 saturated carbocycles. The number of pyridine rings is 1. The highest BCUT2D eigenvalue weighted by Crippen LogP contribution is 2.28. The van der Waals surface area contributed by atoms with E-state index in [1.165, 1.54) is 17.7 Å². The highest BCUT2D eigenvalue weighted by molar-refractivity contribution is 5.59. The van der Waals surface area contributed by atoms with Crippen LogP contribution in [0.15, 0.2) is 48.8 Å². The zero-order valence-electron chi connectivity index (χ0n) is 18.2. The highest BCUT2D eigenvalue weighted by Gasteiger charge is 2.23. The highest BCUT2D eigenvalue weighted by atomic mass is 19.1. The molecule has 0 unspecified atom stereocenters. The Hall–Kier alpha value is -2.90. The molecule has 1 aliphatic heterocycles. The molecule has 3 heterocycles. The molecule has 3 aromatic rings. The van der Waals surface area contributed by atoms with E-state index >= 15 is 0 Å². The van der Waals surface area contributed by atoms with Crippen molar-refractivity contribution in [2.24, 2.45) is 0 Å². The molecular formula is C24H29FN6. The minimum absolute atomic E-state index is 0.201. The van der Waals surface area contributed by atoms with Gasteiger partial charge in [-0.3, -0.25) is 9.88 Å². The number of aromatic nitrogens is 3. The van der Waals surface area contributed by atoms with E-state index in [-0.39, 0.29) is 5.82 Å². The van der Waals surface area contributed by atoms with Crippen molar-refractivity contribution in [2.45, 2.75) is 25.9 Å². The molecule has 0 fully saturated rings. The fraction of sp³-hybridized carbons (Fsp3) is 0.375. The second-order valence-electron chi connectivity index (χ2n) is 8.23. The van der Waals surface area contributed by atoms with E-state index in [4.69, 9.17) is 9.97 Å². The summed E-state index contributed by atoms with van der Waals surface area (Å²) in [6, 6.07) is 10.6. The second-order valence-corrected chi connectivity index (χ2v) is 8.23. The van der Waals surface area contributed by atoms with E-state index in [0.717, 1.165) is 74.0 Å². The Kier molecular flexibility index (Phi) is 6.84. The maximum absolute atomic E-state index is 13.2. The first kappa shape index (κ1) is 21.3. The van der Waals surface area contributed by atoms with Gasteiger partial charge in [0.25, 0.3) is 0 Å². The molecule has 0 bridgehead atoms. The number of anilines is 1. The van der Waals surface area contributed by atoms with Crippen molar-refractivity contribution in [3.05, 3.63) is 71.4 Å². The first-order valence-corrected chi connectivity index (χ1v) is 10.7. The van der Waals surface area contributed by atoms with Crippen molar-refractivity contribution >= 4 is 5.82 Å². The number of benzene rings is 1. The van der Waals surface area contributed by atoms with Gasteiger partial charge in [0.1, 0.15) is 11.6 Å². The largest absolute Gasteiger partial charge is 0.370 e. The molecule has 0 aliphatic carbocycles. The van der Waals surface area contributed by atoms with Gasteiger partial charge in [-0.2, -0.15) is 0 Å². The van der Waals surface area contributed by atoms with E-state index in [1.54, 1.807) is 12.4 Å². The molecule has 4 rings (SSSR count). The zero-order chi connectivity index (χ0) is 21.6. The Morgan fingerprint density at radius 1 is 1.06 bits per heavy atom. The Morgan fingerprint density at radius 3 is 2.58 bits per heavy atom. The van der Waals surface area contributed by atoms with Crippen molar-refractivity contribution in [3.63, 3.8) is 0 Å². The SMILES string of the molecule is CN(C)CCCNc1nc(-c2ccncc2)nc2c1CCN(Cc1ccc(F)cc1)C2. The smallest absolute Gasteiger partial charge is 0.161 e.